The molecule has 0 bridgehead atoms. The minimum Gasteiger partial charge on any atom is -0.508 e. The second-order valence-corrected chi connectivity index (χ2v) is 7.59. The minimum absolute atomic E-state index is 0.109. The molecule has 0 saturated heterocycles. The predicted molar refractivity (Wildman–Crippen MR) is 114 cm³/mol. The van der Waals surface area contributed by atoms with Crippen LogP contribution in [0.5, 0.6) is 17.2 Å². The number of aromatic hydroxyl groups is 1. The zero-order valence-corrected chi connectivity index (χ0v) is 17.3. The van der Waals surface area contributed by atoms with E-state index in [4.69, 9.17) is 19.6 Å². The smallest absolute Gasteiger partial charge is 0.226 e. The first-order valence-corrected chi connectivity index (χ1v) is 10.1. The lowest BCUT2D eigenvalue weighted by atomic mass is 9.85. The molecule has 31 heavy (non-hydrogen) atoms. The SMILES string of the molecule is COc1cc(OC)cc(-c2nc3n(n2)C(c2ccc(O)cc2)C2=C(CCCC2=O)N3)c1. The van der Waals surface area contributed by atoms with Gasteiger partial charge in [0, 0.05) is 29.3 Å². The Morgan fingerprint density at radius 2 is 1.77 bits per heavy atom. The zero-order chi connectivity index (χ0) is 21.5. The first-order valence-electron chi connectivity index (χ1n) is 10.1. The van der Waals surface area contributed by atoms with Gasteiger partial charge in [-0.05, 0) is 42.7 Å². The van der Waals surface area contributed by atoms with Crippen molar-refractivity contribution in [3.05, 3.63) is 59.3 Å². The zero-order valence-electron chi connectivity index (χ0n) is 17.3. The van der Waals surface area contributed by atoms with E-state index in [1.54, 1.807) is 37.1 Å². The van der Waals surface area contributed by atoms with Crippen molar-refractivity contribution in [3.8, 4) is 28.6 Å². The first-order chi connectivity index (χ1) is 15.1. The number of ether oxygens (including phenoxy) is 2. The van der Waals surface area contributed by atoms with Crippen LogP contribution in [0.25, 0.3) is 11.4 Å². The molecule has 8 heteroatoms. The molecule has 158 valence electrons. The molecular formula is C23H22N4O4. The van der Waals surface area contributed by atoms with Crippen molar-refractivity contribution in [1.82, 2.24) is 14.8 Å². The van der Waals surface area contributed by atoms with Gasteiger partial charge in [-0.1, -0.05) is 12.1 Å². The van der Waals surface area contributed by atoms with Gasteiger partial charge in [0.15, 0.2) is 11.6 Å². The highest BCUT2D eigenvalue weighted by molar-refractivity contribution is 5.99. The van der Waals surface area contributed by atoms with Gasteiger partial charge in [0.25, 0.3) is 0 Å². The van der Waals surface area contributed by atoms with Crippen molar-refractivity contribution in [3.63, 3.8) is 0 Å². The van der Waals surface area contributed by atoms with Crippen molar-refractivity contribution in [2.75, 3.05) is 19.5 Å². The molecular weight excluding hydrogens is 396 g/mol. The molecule has 0 radical (unpaired) electrons. The molecule has 2 aliphatic rings. The first kappa shape index (κ1) is 19.2. The summed E-state index contributed by atoms with van der Waals surface area (Å²) in [6, 6.07) is 11.9. The lowest BCUT2D eigenvalue weighted by Gasteiger charge is -2.32. The van der Waals surface area contributed by atoms with Crippen molar-refractivity contribution >= 4 is 11.7 Å². The van der Waals surface area contributed by atoms with E-state index >= 15 is 0 Å². The van der Waals surface area contributed by atoms with Gasteiger partial charge in [-0.2, -0.15) is 4.98 Å². The normalized spacial score (nSPS) is 17.6. The van der Waals surface area contributed by atoms with Crippen LogP contribution in [-0.2, 0) is 4.79 Å². The number of rotatable bonds is 4. The molecule has 2 heterocycles. The fourth-order valence-electron chi connectivity index (χ4n) is 4.18. The number of hydrogen-bond acceptors (Lipinski definition) is 7. The Morgan fingerprint density at radius 3 is 2.45 bits per heavy atom. The summed E-state index contributed by atoms with van der Waals surface area (Å²) in [5, 5.41) is 17.8. The van der Waals surface area contributed by atoms with E-state index in [2.05, 4.69) is 5.32 Å². The molecule has 0 spiro atoms. The van der Waals surface area contributed by atoms with Crippen molar-refractivity contribution < 1.29 is 19.4 Å². The number of carbonyl (C=O) groups is 1. The maximum atomic E-state index is 12.9. The molecule has 0 fully saturated rings. The quantitative estimate of drug-likeness (QED) is 0.667. The van der Waals surface area contributed by atoms with E-state index in [-0.39, 0.29) is 11.5 Å². The largest absolute Gasteiger partial charge is 0.508 e. The number of nitrogens with one attached hydrogen (secondary N) is 1. The monoisotopic (exact) mass is 418 g/mol. The van der Waals surface area contributed by atoms with Gasteiger partial charge >= 0.3 is 0 Å². The fourth-order valence-corrected chi connectivity index (χ4v) is 4.18. The number of benzene rings is 2. The average molecular weight is 418 g/mol. The van der Waals surface area contributed by atoms with Gasteiger partial charge in [-0.15, -0.1) is 5.10 Å². The Morgan fingerprint density at radius 1 is 1.06 bits per heavy atom. The van der Waals surface area contributed by atoms with Crippen LogP contribution in [0.1, 0.15) is 30.9 Å². The highest BCUT2D eigenvalue weighted by Crippen LogP contribution is 2.41. The van der Waals surface area contributed by atoms with Crippen LogP contribution in [0.2, 0.25) is 0 Å². The molecule has 5 rings (SSSR count). The van der Waals surface area contributed by atoms with Crippen LogP contribution >= 0.6 is 0 Å². The van der Waals surface area contributed by atoms with Crippen LogP contribution in [0.3, 0.4) is 0 Å². The number of carbonyl (C=O) groups excluding carboxylic acids is 1. The molecule has 2 aromatic carbocycles. The number of fused-ring (bicyclic) bond motifs is 1. The number of phenolic OH excluding ortho intramolecular Hbond substituents is 1. The average Bonchev–Trinajstić information content (AvgIpc) is 3.22. The van der Waals surface area contributed by atoms with Crippen LogP contribution in [0.15, 0.2) is 53.7 Å². The summed E-state index contributed by atoms with van der Waals surface area (Å²) in [5.41, 5.74) is 3.21. The number of methoxy groups -OCH3 is 2. The van der Waals surface area contributed by atoms with E-state index in [0.29, 0.717) is 35.3 Å². The minimum atomic E-state index is -0.409. The summed E-state index contributed by atoms with van der Waals surface area (Å²) < 4.78 is 12.5. The Hall–Kier alpha value is -3.81. The molecule has 0 saturated carbocycles. The number of aromatic nitrogens is 3. The lowest BCUT2D eigenvalue weighted by molar-refractivity contribution is -0.116. The molecule has 1 atom stereocenters. The van der Waals surface area contributed by atoms with Gasteiger partial charge in [0.2, 0.25) is 5.95 Å². The van der Waals surface area contributed by atoms with Crippen molar-refractivity contribution in [1.29, 1.82) is 0 Å². The third-order valence-corrected chi connectivity index (χ3v) is 5.69. The molecule has 1 aromatic heterocycles. The van der Waals surface area contributed by atoms with E-state index in [1.165, 1.54) is 0 Å². The summed E-state index contributed by atoms with van der Waals surface area (Å²) >= 11 is 0. The fraction of sp³-hybridized carbons (Fsp3) is 0.261. The van der Waals surface area contributed by atoms with Crippen molar-refractivity contribution in [2.45, 2.75) is 25.3 Å². The standard InChI is InChI=1S/C23H22N4O4/c1-30-16-10-14(11-17(12-16)31-2)22-25-23-24-18-4-3-5-19(29)20(18)21(27(23)26-22)13-6-8-15(28)9-7-13/h6-12,21,28H,3-5H2,1-2H3,(H,24,25,26). The number of allylic oxidation sites excluding steroid dienone is 2. The van der Waals surface area contributed by atoms with Crippen LogP contribution in [-0.4, -0.2) is 39.9 Å². The Kier molecular flexibility index (Phi) is 4.62. The highest BCUT2D eigenvalue weighted by Gasteiger charge is 2.37. The highest BCUT2D eigenvalue weighted by atomic mass is 16.5. The molecule has 8 nitrogen and oxygen atoms in total. The van der Waals surface area contributed by atoms with Gasteiger partial charge in [0.05, 0.1) is 14.2 Å². The maximum Gasteiger partial charge on any atom is 0.226 e. The summed E-state index contributed by atoms with van der Waals surface area (Å²) in [5.74, 6) is 2.62. The van der Waals surface area contributed by atoms with E-state index in [0.717, 1.165) is 29.7 Å². The third-order valence-electron chi connectivity index (χ3n) is 5.69. The Labute approximate surface area is 179 Å². The summed E-state index contributed by atoms with van der Waals surface area (Å²) in [6.07, 6.45) is 2.10. The molecule has 3 aromatic rings. The number of nitrogens with zero attached hydrogens (tertiary/aromatic N) is 3. The topological polar surface area (TPSA) is 98.5 Å². The number of anilines is 1. The number of Topliss-reactive ketones (excluding diaryl/α,β-unsaturated/α-hetero) is 1. The van der Waals surface area contributed by atoms with Crippen molar-refractivity contribution in [2.24, 2.45) is 0 Å². The summed E-state index contributed by atoms with van der Waals surface area (Å²) in [6.45, 7) is 0. The lowest BCUT2D eigenvalue weighted by Crippen LogP contribution is -2.31. The predicted octanol–water partition coefficient (Wildman–Crippen LogP) is 3.69. The van der Waals surface area contributed by atoms with E-state index in [1.807, 2.05) is 24.3 Å². The Bertz CT molecular complexity index is 1170. The maximum absolute atomic E-state index is 12.9. The second kappa shape index (κ2) is 7.46. The second-order valence-electron chi connectivity index (χ2n) is 7.59. The van der Waals surface area contributed by atoms with Crippen LogP contribution < -0.4 is 14.8 Å². The molecule has 1 aliphatic heterocycles. The molecule has 2 N–H and O–H groups in total. The van der Waals surface area contributed by atoms with Gasteiger partial charge in [0.1, 0.15) is 23.3 Å². The van der Waals surface area contributed by atoms with E-state index < -0.39 is 6.04 Å². The number of phenols is 1. The van der Waals surface area contributed by atoms with Gasteiger partial charge in [-0.25, -0.2) is 4.68 Å². The molecule has 1 aliphatic carbocycles. The van der Waals surface area contributed by atoms with Crippen LogP contribution in [0.4, 0.5) is 5.95 Å². The summed E-state index contributed by atoms with van der Waals surface area (Å²) in [4.78, 5) is 17.6. The van der Waals surface area contributed by atoms with Gasteiger partial charge in [-0.3, -0.25) is 4.79 Å². The van der Waals surface area contributed by atoms with Gasteiger partial charge < -0.3 is 19.9 Å². The Balaban J connectivity index is 1.66. The summed E-state index contributed by atoms with van der Waals surface area (Å²) in [7, 11) is 3.19. The third kappa shape index (κ3) is 3.30. The molecule has 0 amide bonds. The van der Waals surface area contributed by atoms with E-state index in [9.17, 15) is 9.90 Å². The number of ketones is 1. The number of hydrogen-bond donors (Lipinski definition) is 2. The molecule has 1 unspecified atom stereocenters. The van der Waals surface area contributed by atoms with Crippen LogP contribution in [0, 0.1) is 0 Å².